The van der Waals surface area contributed by atoms with Gasteiger partial charge in [0.1, 0.15) is 5.82 Å². The summed E-state index contributed by atoms with van der Waals surface area (Å²) >= 11 is 3.39. The maximum atomic E-state index is 12.3. The number of rotatable bonds is 3. The third kappa shape index (κ3) is 3.28. The molecule has 0 atom stereocenters. The number of pyridine rings is 1. The van der Waals surface area contributed by atoms with Gasteiger partial charge in [0.15, 0.2) is 0 Å². The van der Waals surface area contributed by atoms with Crippen LogP contribution in [0.5, 0.6) is 0 Å². The van der Waals surface area contributed by atoms with Crippen LogP contribution in [0.25, 0.3) is 0 Å². The van der Waals surface area contributed by atoms with E-state index in [1.807, 2.05) is 26.0 Å². The molecule has 3 heterocycles. The molecule has 22 heavy (non-hydrogen) atoms. The Kier molecular flexibility index (Phi) is 4.40. The SMILES string of the molecule is CC(C)c1nc2c(c(=O)[nH]1)CN(Cc1ccc(Br)cn1)CC2. The highest BCUT2D eigenvalue weighted by Gasteiger charge is 2.22. The monoisotopic (exact) mass is 362 g/mol. The molecule has 0 saturated heterocycles. The lowest BCUT2D eigenvalue weighted by Gasteiger charge is -2.27. The van der Waals surface area contributed by atoms with E-state index in [0.29, 0.717) is 6.54 Å². The van der Waals surface area contributed by atoms with Gasteiger partial charge in [0, 0.05) is 42.6 Å². The van der Waals surface area contributed by atoms with Crippen LogP contribution in [0.2, 0.25) is 0 Å². The van der Waals surface area contributed by atoms with Gasteiger partial charge in [-0.3, -0.25) is 14.7 Å². The van der Waals surface area contributed by atoms with Gasteiger partial charge in [-0.25, -0.2) is 4.98 Å². The maximum Gasteiger partial charge on any atom is 0.255 e. The quantitative estimate of drug-likeness (QED) is 0.911. The zero-order valence-electron chi connectivity index (χ0n) is 12.8. The van der Waals surface area contributed by atoms with Gasteiger partial charge in [0.2, 0.25) is 0 Å². The second kappa shape index (κ2) is 6.30. The molecule has 0 bridgehead atoms. The largest absolute Gasteiger partial charge is 0.310 e. The zero-order valence-corrected chi connectivity index (χ0v) is 14.4. The van der Waals surface area contributed by atoms with E-state index in [1.165, 1.54) is 0 Å². The lowest BCUT2D eigenvalue weighted by Crippen LogP contribution is -2.36. The predicted octanol–water partition coefficient (Wildman–Crippen LogP) is 2.61. The molecule has 0 aliphatic carbocycles. The summed E-state index contributed by atoms with van der Waals surface area (Å²) in [7, 11) is 0. The van der Waals surface area contributed by atoms with Crippen LogP contribution in [0.1, 0.15) is 42.5 Å². The fourth-order valence-corrected chi connectivity index (χ4v) is 2.87. The van der Waals surface area contributed by atoms with Gasteiger partial charge in [-0.2, -0.15) is 0 Å². The first-order valence-electron chi connectivity index (χ1n) is 7.47. The molecule has 6 heteroatoms. The fourth-order valence-electron chi connectivity index (χ4n) is 2.64. The summed E-state index contributed by atoms with van der Waals surface area (Å²) < 4.78 is 0.974. The fraction of sp³-hybridized carbons (Fsp3) is 0.438. The molecule has 0 spiro atoms. The van der Waals surface area contributed by atoms with Crippen LogP contribution in [0, 0.1) is 0 Å². The Hall–Kier alpha value is -1.53. The standard InChI is InChI=1S/C16H19BrN4O/c1-10(2)15-19-14-5-6-21(9-13(14)16(22)20-15)8-12-4-3-11(17)7-18-12/h3-4,7,10H,5-6,8-9H2,1-2H3,(H,19,20,22). The third-order valence-electron chi connectivity index (χ3n) is 3.89. The first-order valence-corrected chi connectivity index (χ1v) is 8.27. The van der Waals surface area contributed by atoms with E-state index < -0.39 is 0 Å². The van der Waals surface area contributed by atoms with Crippen molar-refractivity contribution in [3.8, 4) is 0 Å². The Bertz CT molecular complexity index is 724. The first-order chi connectivity index (χ1) is 10.5. The van der Waals surface area contributed by atoms with Gasteiger partial charge < -0.3 is 4.98 Å². The van der Waals surface area contributed by atoms with Crippen molar-refractivity contribution >= 4 is 15.9 Å². The highest BCUT2D eigenvalue weighted by Crippen LogP contribution is 2.18. The van der Waals surface area contributed by atoms with E-state index >= 15 is 0 Å². The second-order valence-corrected chi connectivity index (χ2v) is 6.88. The van der Waals surface area contributed by atoms with Gasteiger partial charge in [0.25, 0.3) is 5.56 Å². The summed E-state index contributed by atoms with van der Waals surface area (Å²) in [6.07, 6.45) is 2.62. The molecular formula is C16H19BrN4O. The molecule has 1 N–H and O–H groups in total. The Morgan fingerprint density at radius 3 is 2.91 bits per heavy atom. The molecular weight excluding hydrogens is 344 g/mol. The second-order valence-electron chi connectivity index (χ2n) is 5.96. The number of nitrogens with one attached hydrogen (secondary N) is 1. The summed E-state index contributed by atoms with van der Waals surface area (Å²) in [5.41, 5.74) is 2.76. The van der Waals surface area contributed by atoms with E-state index in [1.54, 1.807) is 6.20 Å². The topological polar surface area (TPSA) is 61.9 Å². The van der Waals surface area contributed by atoms with E-state index in [2.05, 4.69) is 35.8 Å². The van der Waals surface area contributed by atoms with E-state index in [4.69, 9.17) is 0 Å². The molecule has 5 nitrogen and oxygen atoms in total. The number of aromatic nitrogens is 3. The minimum absolute atomic E-state index is 0.00200. The predicted molar refractivity (Wildman–Crippen MR) is 88.7 cm³/mol. The summed E-state index contributed by atoms with van der Waals surface area (Å²) in [6, 6.07) is 3.99. The lowest BCUT2D eigenvalue weighted by molar-refractivity contribution is 0.238. The molecule has 0 amide bonds. The van der Waals surface area contributed by atoms with Gasteiger partial charge in [-0.15, -0.1) is 0 Å². The van der Waals surface area contributed by atoms with Crippen LogP contribution >= 0.6 is 15.9 Å². The number of halogens is 1. The molecule has 2 aromatic rings. The highest BCUT2D eigenvalue weighted by atomic mass is 79.9. The number of hydrogen-bond donors (Lipinski definition) is 1. The average Bonchev–Trinajstić information content (AvgIpc) is 2.50. The Morgan fingerprint density at radius 1 is 1.41 bits per heavy atom. The number of fused-ring (bicyclic) bond motifs is 1. The number of hydrogen-bond acceptors (Lipinski definition) is 4. The van der Waals surface area contributed by atoms with Crippen molar-refractivity contribution in [1.82, 2.24) is 19.9 Å². The van der Waals surface area contributed by atoms with Crippen LogP contribution in [0.15, 0.2) is 27.6 Å². The van der Waals surface area contributed by atoms with E-state index in [0.717, 1.165) is 46.8 Å². The van der Waals surface area contributed by atoms with Crippen molar-refractivity contribution in [2.45, 2.75) is 39.3 Å². The first kappa shape index (κ1) is 15.4. The molecule has 0 radical (unpaired) electrons. The molecule has 0 saturated carbocycles. The molecule has 1 aliphatic rings. The normalized spacial score (nSPS) is 15.1. The molecule has 1 aliphatic heterocycles. The summed E-state index contributed by atoms with van der Waals surface area (Å²) in [4.78, 5) is 26.5. The van der Waals surface area contributed by atoms with Gasteiger partial charge >= 0.3 is 0 Å². The lowest BCUT2D eigenvalue weighted by atomic mass is 10.1. The van der Waals surface area contributed by atoms with Crippen molar-refractivity contribution in [1.29, 1.82) is 0 Å². The number of aromatic amines is 1. The minimum atomic E-state index is 0.00200. The van der Waals surface area contributed by atoms with Gasteiger partial charge in [-0.1, -0.05) is 13.8 Å². The van der Waals surface area contributed by atoms with Crippen LogP contribution in [0.3, 0.4) is 0 Å². The van der Waals surface area contributed by atoms with E-state index in [9.17, 15) is 4.79 Å². The molecule has 0 aromatic carbocycles. The Balaban J connectivity index is 1.79. The third-order valence-corrected chi connectivity index (χ3v) is 4.36. The highest BCUT2D eigenvalue weighted by molar-refractivity contribution is 9.10. The molecule has 0 unspecified atom stereocenters. The van der Waals surface area contributed by atoms with Crippen LogP contribution < -0.4 is 5.56 Å². The smallest absolute Gasteiger partial charge is 0.255 e. The maximum absolute atomic E-state index is 12.3. The number of nitrogens with zero attached hydrogens (tertiary/aromatic N) is 3. The van der Waals surface area contributed by atoms with Crippen molar-refractivity contribution in [2.75, 3.05) is 6.54 Å². The molecule has 3 rings (SSSR count). The van der Waals surface area contributed by atoms with Crippen molar-refractivity contribution in [3.63, 3.8) is 0 Å². The van der Waals surface area contributed by atoms with E-state index in [-0.39, 0.29) is 11.5 Å². The summed E-state index contributed by atoms with van der Waals surface area (Å²) in [6.45, 7) is 6.36. The molecule has 116 valence electrons. The average molecular weight is 363 g/mol. The summed E-state index contributed by atoms with van der Waals surface area (Å²) in [5, 5.41) is 0. The van der Waals surface area contributed by atoms with Crippen LogP contribution in [-0.2, 0) is 19.5 Å². The van der Waals surface area contributed by atoms with Crippen LogP contribution in [0.4, 0.5) is 0 Å². The Labute approximate surface area is 137 Å². The zero-order chi connectivity index (χ0) is 15.7. The molecule has 2 aromatic heterocycles. The minimum Gasteiger partial charge on any atom is -0.310 e. The summed E-state index contributed by atoms with van der Waals surface area (Å²) in [5.74, 6) is 1.02. The van der Waals surface area contributed by atoms with Gasteiger partial charge in [0.05, 0.1) is 17.0 Å². The Morgan fingerprint density at radius 2 is 2.23 bits per heavy atom. The number of H-pyrrole nitrogens is 1. The van der Waals surface area contributed by atoms with Crippen molar-refractivity contribution in [2.24, 2.45) is 0 Å². The van der Waals surface area contributed by atoms with Crippen LogP contribution in [-0.4, -0.2) is 26.4 Å². The van der Waals surface area contributed by atoms with Crippen molar-refractivity contribution < 1.29 is 0 Å². The van der Waals surface area contributed by atoms with Gasteiger partial charge in [-0.05, 0) is 28.1 Å². The van der Waals surface area contributed by atoms with Crippen molar-refractivity contribution in [3.05, 3.63) is 55.9 Å². The molecule has 0 fully saturated rings.